The van der Waals surface area contributed by atoms with Gasteiger partial charge in [0.2, 0.25) is 0 Å². The molecule has 0 unspecified atom stereocenters. The summed E-state index contributed by atoms with van der Waals surface area (Å²) in [5.41, 5.74) is -4.25. The highest BCUT2D eigenvalue weighted by Gasteiger charge is 2.45. The van der Waals surface area contributed by atoms with E-state index >= 15 is 0 Å². The Morgan fingerprint density at radius 3 is 1.91 bits per heavy atom. The lowest BCUT2D eigenvalue weighted by atomic mass is 10.0. The fraction of sp³-hybridized carbons (Fsp3) is 0.0714. The van der Waals surface area contributed by atoms with E-state index in [-0.39, 0.29) is 5.56 Å². The molecule has 0 bridgehead atoms. The number of rotatable bonds is 3. The smallest absolute Gasteiger partial charge is 0.518 e. The van der Waals surface area contributed by atoms with Crippen molar-refractivity contribution in [1.29, 1.82) is 0 Å². The van der Waals surface area contributed by atoms with Gasteiger partial charge >= 0.3 is 15.5 Å². The van der Waals surface area contributed by atoms with Crippen molar-refractivity contribution in [3.8, 4) is 11.1 Å². The predicted molar refractivity (Wildman–Crippen MR) is 73.4 cm³/mol. The van der Waals surface area contributed by atoms with E-state index in [0.717, 1.165) is 11.1 Å². The van der Waals surface area contributed by atoms with Crippen LogP contribution in [0.15, 0.2) is 59.0 Å². The molecule has 0 radical (unpaired) electrons. The summed E-state index contributed by atoms with van der Waals surface area (Å²) < 4.78 is 60.4. The van der Waals surface area contributed by atoms with E-state index in [1.165, 1.54) is 24.3 Å². The van der Waals surface area contributed by atoms with E-state index < -0.39 is 21.4 Å². The van der Waals surface area contributed by atoms with Crippen LogP contribution in [0.2, 0.25) is 0 Å². The minimum absolute atomic E-state index is 0.243. The molecule has 2 rings (SSSR count). The van der Waals surface area contributed by atoms with Gasteiger partial charge in [-0.3, -0.25) is 0 Å². The molecule has 0 saturated heterocycles. The third kappa shape index (κ3) is 3.45. The zero-order valence-electron chi connectivity index (χ0n) is 10.9. The number of alkyl halides is 3. The lowest BCUT2D eigenvalue weighted by molar-refractivity contribution is -0.212. The Balaban J connectivity index is 2.32. The van der Waals surface area contributed by atoms with Crippen LogP contribution in [0.1, 0.15) is 5.56 Å². The first-order chi connectivity index (χ1) is 10.2. The van der Waals surface area contributed by atoms with Gasteiger partial charge in [0, 0.05) is 5.90 Å². The minimum atomic E-state index is -5.83. The molecule has 0 aliphatic rings. The molecule has 0 saturated carbocycles. The Bertz CT molecular complexity index is 782. The molecule has 2 aromatic rings. The zero-order chi connectivity index (χ0) is 16.4. The molecule has 0 atom stereocenters. The van der Waals surface area contributed by atoms with Crippen molar-refractivity contribution in [3.05, 3.63) is 60.2 Å². The Morgan fingerprint density at radius 2 is 1.41 bits per heavy atom. The van der Waals surface area contributed by atoms with Crippen LogP contribution in [-0.2, 0) is 10.0 Å². The summed E-state index contributed by atoms with van der Waals surface area (Å²) in [6.07, 6.45) is 0. The Labute approximate surface area is 124 Å². The van der Waals surface area contributed by atoms with Crippen molar-refractivity contribution in [1.82, 2.24) is 0 Å². The summed E-state index contributed by atoms with van der Waals surface area (Å²) in [6.45, 7) is 0. The summed E-state index contributed by atoms with van der Waals surface area (Å²) >= 11 is 0. The second-order valence-electron chi connectivity index (χ2n) is 4.26. The molecule has 0 amide bonds. The van der Waals surface area contributed by atoms with Crippen molar-refractivity contribution in [3.63, 3.8) is 0 Å². The molecule has 0 heterocycles. The zero-order valence-corrected chi connectivity index (χ0v) is 11.7. The molecule has 0 aromatic heterocycles. The van der Waals surface area contributed by atoms with E-state index in [1.807, 2.05) is 18.2 Å². The van der Waals surface area contributed by atoms with Gasteiger partial charge in [-0.05, 0) is 16.7 Å². The van der Waals surface area contributed by atoms with E-state index in [2.05, 4.69) is 4.40 Å². The molecule has 22 heavy (non-hydrogen) atoms. The van der Waals surface area contributed by atoms with E-state index in [0.29, 0.717) is 0 Å². The van der Waals surface area contributed by atoms with Crippen molar-refractivity contribution < 1.29 is 26.7 Å². The van der Waals surface area contributed by atoms with Crippen LogP contribution in [0.3, 0.4) is 0 Å². The highest BCUT2D eigenvalue weighted by molar-refractivity contribution is 7.91. The topological polar surface area (TPSA) is 69.6 Å². The van der Waals surface area contributed by atoms with Crippen molar-refractivity contribution >= 4 is 15.9 Å². The van der Waals surface area contributed by atoms with Crippen molar-refractivity contribution in [2.75, 3.05) is 0 Å². The molecular weight excluding hydrogens is 319 g/mol. The van der Waals surface area contributed by atoms with Crippen LogP contribution in [0.25, 0.3) is 11.1 Å². The minimum Gasteiger partial charge on any atom is -0.858 e. The van der Waals surface area contributed by atoms with Crippen LogP contribution >= 0.6 is 0 Å². The molecule has 0 fully saturated rings. The molecule has 0 N–H and O–H groups in total. The van der Waals surface area contributed by atoms with Gasteiger partial charge in [0.1, 0.15) is 0 Å². The van der Waals surface area contributed by atoms with Gasteiger partial charge < -0.3 is 5.11 Å². The maximum absolute atomic E-state index is 12.2. The summed E-state index contributed by atoms with van der Waals surface area (Å²) in [6, 6.07) is 14.5. The summed E-state index contributed by atoms with van der Waals surface area (Å²) in [5, 5.41) is 11.5. The lowest BCUT2D eigenvalue weighted by Crippen LogP contribution is -2.27. The van der Waals surface area contributed by atoms with Gasteiger partial charge in [0.25, 0.3) is 0 Å². The molecular formula is C14H9F3NO3S-. The Hall–Kier alpha value is -2.35. The number of benzene rings is 2. The fourth-order valence-corrected chi connectivity index (χ4v) is 2.08. The van der Waals surface area contributed by atoms with E-state index in [4.69, 9.17) is 0 Å². The highest BCUT2D eigenvalue weighted by atomic mass is 32.2. The molecule has 116 valence electrons. The Morgan fingerprint density at radius 1 is 0.909 bits per heavy atom. The number of hydrogen-bond donors (Lipinski definition) is 0. The summed E-state index contributed by atoms with van der Waals surface area (Å²) in [5.74, 6) is -1.46. The quantitative estimate of drug-likeness (QED) is 0.641. The average Bonchev–Trinajstić information content (AvgIpc) is 2.47. The van der Waals surface area contributed by atoms with Gasteiger partial charge in [-0.2, -0.15) is 26.0 Å². The normalized spacial score (nSPS) is 13.1. The Kier molecular flexibility index (Phi) is 4.23. The second kappa shape index (κ2) is 5.80. The van der Waals surface area contributed by atoms with Crippen LogP contribution < -0.4 is 5.11 Å². The van der Waals surface area contributed by atoms with Crippen molar-refractivity contribution in [2.45, 2.75) is 5.51 Å². The van der Waals surface area contributed by atoms with Crippen LogP contribution in [0.5, 0.6) is 0 Å². The standard InChI is InChI=1S/C14H10F3NO3S/c15-14(16,17)22(20,21)18-13(19)12-8-6-11(7-9-12)10-4-2-1-3-5-10/h1-9H,(H,18,19)/p-1. The molecule has 4 nitrogen and oxygen atoms in total. The van der Waals surface area contributed by atoms with Crippen LogP contribution in [0.4, 0.5) is 13.2 Å². The van der Waals surface area contributed by atoms with E-state index in [9.17, 15) is 26.7 Å². The average molecular weight is 328 g/mol. The number of hydrogen-bond acceptors (Lipinski definition) is 3. The third-order valence-electron chi connectivity index (χ3n) is 2.73. The predicted octanol–water partition coefficient (Wildman–Crippen LogP) is 2.31. The number of sulfonamides is 1. The van der Waals surface area contributed by atoms with Crippen LogP contribution in [0, 0.1) is 0 Å². The maximum Gasteiger partial charge on any atom is 0.518 e. The van der Waals surface area contributed by atoms with Gasteiger partial charge in [-0.1, -0.05) is 54.6 Å². The number of halogens is 3. The largest absolute Gasteiger partial charge is 0.858 e. The van der Waals surface area contributed by atoms with Gasteiger partial charge in [0.05, 0.1) is 0 Å². The fourth-order valence-electron chi connectivity index (χ4n) is 1.65. The maximum atomic E-state index is 12.2. The van der Waals surface area contributed by atoms with Crippen LogP contribution in [-0.4, -0.2) is 19.8 Å². The number of nitrogens with zero attached hydrogens (tertiary/aromatic N) is 1. The van der Waals surface area contributed by atoms with E-state index in [1.54, 1.807) is 12.1 Å². The molecule has 2 aromatic carbocycles. The monoisotopic (exact) mass is 328 g/mol. The van der Waals surface area contributed by atoms with Crippen molar-refractivity contribution in [2.24, 2.45) is 4.40 Å². The van der Waals surface area contributed by atoms with Gasteiger partial charge in [-0.25, -0.2) is 0 Å². The highest BCUT2D eigenvalue weighted by Crippen LogP contribution is 2.25. The third-order valence-corrected chi connectivity index (χ3v) is 3.73. The lowest BCUT2D eigenvalue weighted by Gasteiger charge is -2.12. The first-order valence-electron chi connectivity index (χ1n) is 5.95. The molecule has 8 heteroatoms. The molecule has 0 spiro atoms. The van der Waals surface area contributed by atoms with Gasteiger partial charge in [0.15, 0.2) is 0 Å². The SMILES string of the molecule is O=S(=O)(/N=C(\[O-])c1ccc(-c2ccccc2)cc1)C(F)(F)F. The molecule has 0 aliphatic carbocycles. The first kappa shape index (κ1) is 16.0. The summed E-state index contributed by atoms with van der Waals surface area (Å²) in [7, 11) is -5.83. The van der Waals surface area contributed by atoms with Gasteiger partial charge in [-0.15, -0.1) is 0 Å². The summed E-state index contributed by atoms with van der Waals surface area (Å²) in [4.78, 5) is 0. The first-order valence-corrected chi connectivity index (χ1v) is 7.39. The second-order valence-corrected chi connectivity index (χ2v) is 5.86. The molecule has 0 aliphatic heterocycles.